The Balaban J connectivity index is 1.30. The smallest absolute Gasteiger partial charge is 0.416 e. The molecule has 1 N–H and O–H groups in total. The lowest BCUT2D eigenvalue weighted by Crippen LogP contribution is -2.49. The van der Waals surface area contributed by atoms with Gasteiger partial charge in [0.05, 0.1) is 50.7 Å². The molecule has 4 amide bonds. The molecule has 3 fully saturated rings. The number of aromatic hydroxyl groups is 1. The maximum Gasteiger partial charge on any atom is 0.416 e. The predicted octanol–water partition coefficient (Wildman–Crippen LogP) is 8.81. The maximum absolute atomic E-state index is 14.7. The number of hydrogen-bond acceptors (Lipinski definition) is 5. The van der Waals surface area contributed by atoms with Crippen molar-refractivity contribution in [2.45, 2.75) is 38.0 Å². The topological polar surface area (TPSA) is 95.0 Å². The molecule has 7 nitrogen and oxygen atoms in total. The molecule has 54 heavy (non-hydrogen) atoms. The summed E-state index contributed by atoms with van der Waals surface area (Å²) in [5.74, 6) is -10.5. The van der Waals surface area contributed by atoms with Gasteiger partial charge in [0.25, 0.3) is 0 Å². The summed E-state index contributed by atoms with van der Waals surface area (Å²) >= 11 is 6.04. The summed E-state index contributed by atoms with van der Waals surface area (Å²) in [5.41, 5.74) is -5.36. The third-order valence-electron chi connectivity index (χ3n) is 11.5. The number of benzene rings is 4. The molecule has 2 heterocycles. The van der Waals surface area contributed by atoms with Gasteiger partial charge in [0.2, 0.25) is 23.6 Å². The molecule has 4 aliphatic rings. The first-order valence-electron chi connectivity index (χ1n) is 16.7. The van der Waals surface area contributed by atoms with Crippen LogP contribution in [0.3, 0.4) is 0 Å². The Labute approximate surface area is 306 Å². The van der Waals surface area contributed by atoms with E-state index >= 15 is 0 Å². The van der Waals surface area contributed by atoms with E-state index in [2.05, 4.69) is 0 Å². The van der Waals surface area contributed by atoms with Gasteiger partial charge in [-0.15, -0.1) is 0 Å². The zero-order valence-corrected chi connectivity index (χ0v) is 28.6. The largest absolute Gasteiger partial charge is 0.508 e. The van der Waals surface area contributed by atoms with Crippen molar-refractivity contribution in [3.05, 3.63) is 112 Å². The number of halogens is 8. The Morgan fingerprint density at radius 2 is 1.44 bits per heavy atom. The Hall–Kier alpha value is -5.24. The summed E-state index contributed by atoms with van der Waals surface area (Å²) in [6.45, 7) is 1.55. The summed E-state index contributed by atoms with van der Waals surface area (Å²) in [4.78, 5) is 58.7. The van der Waals surface area contributed by atoms with E-state index in [-0.39, 0.29) is 40.9 Å². The third kappa shape index (κ3) is 5.09. The van der Waals surface area contributed by atoms with Crippen molar-refractivity contribution in [2.24, 2.45) is 29.1 Å². The highest BCUT2D eigenvalue weighted by molar-refractivity contribution is 6.32. The number of rotatable bonds is 3. The van der Waals surface area contributed by atoms with Crippen LogP contribution in [0.4, 0.5) is 42.1 Å². The number of hydrogen-bond donors (Lipinski definition) is 1. The molecule has 0 spiro atoms. The van der Waals surface area contributed by atoms with Crippen molar-refractivity contribution in [3.63, 3.8) is 0 Å². The van der Waals surface area contributed by atoms with Gasteiger partial charge in [-0.25, -0.2) is 14.2 Å². The van der Waals surface area contributed by atoms with Gasteiger partial charge in [-0.2, -0.15) is 26.3 Å². The number of imide groups is 2. The Morgan fingerprint density at radius 3 is 2.09 bits per heavy atom. The van der Waals surface area contributed by atoms with E-state index in [1.165, 1.54) is 12.1 Å². The van der Waals surface area contributed by atoms with Crippen LogP contribution in [0.1, 0.15) is 42.4 Å². The molecule has 15 heteroatoms. The summed E-state index contributed by atoms with van der Waals surface area (Å²) < 4.78 is 97.2. The lowest BCUT2D eigenvalue weighted by atomic mass is 9.51. The molecule has 6 atom stereocenters. The average molecular weight is 771 g/mol. The number of alkyl halides is 6. The van der Waals surface area contributed by atoms with E-state index in [0.29, 0.717) is 33.4 Å². The SMILES string of the molecule is C[C@@]12C(=O)N(c3ccc(F)c(Cl)c3)C(=O)[C@@H]1C[C@@H]1C(=CC[C@@H]3C(=O)N(c4cc(C(F)(F)F)cc(C(F)(F)F)c4)C(=O)[C@@H]31)[C@@H]2c1c(O)ccc2ccccc12. The van der Waals surface area contributed by atoms with Crippen molar-refractivity contribution in [1.82, 2.24) is 0 Å². The van der Waals surface area contributed by atoms with E-state index < -0.39 is 93.6 Å². The fourth-order valence-electron chi connectivity index (χ4n) is 9.10. The van der Waals surface area contributed by atoms with E-state index in [9.17, 15) is 55.0 Å². The van der Waals surface area contributed by atoms with Crippen LogP contribution in [-0.2, 0) is 31.5 Å². The summed E-state index contributed by atoms with van der Waals surface area (Å²) in [5, 5.41) is 12.3. The van der Waals surface area contributed by atoms with Crippen molar-refractivity contribution in [3.8, 4) is 5.75 Å². The molecule has 2 aliphatic carbocycles. The van der Waals surface area contributed by atoms with Gasteiger partial charge in [0.15, 0.2) is 0 Å². The zero-order chi connectivity index (χ0) is 38.8. The molecule has 2 aliphatic heterocycles. The van der Waals surface area contributed by atoms with Crippen LogP contribution >= 0.6 is 11.6 Å². The lowest BCUT2D eigenvalue weighted by Gasteiger charge is -2.49. The number of carbonyl (C=O) groups excluding carboxylic acids is 4. The molecule has 4 aromatic rings. The summed E-state index contributed by atoms with van der Waals surface area (Å²) in [6, 6.07) is 13.8. The molecule has 278 valence electrons. The minimum atomic E-state index is -5.25. The van der Waals surface area contributed by atoms with Gasteiger partial charge >= 0.3 is 12.4 Å². The first-order chi connectivity index (χ1) is 25.3. The van der Waals surface area contributed by atoms with Crippen LogP contribution in [-0.4, -0.2) is 28.7 Å². The Morgan fingerprint density at radius 1 is 0.778 bits per heavy atom. The highest BCUT2D eigenvalue weighted by Crippen LogP contribution is 2.65. The lowest BCUT2D eigenvalue weighted by molar-refractivity contribution is -0.143. The number of nitrogens with zero attached hydrogens (tertiary/aromatic N) is 2. The van der Waals surface area contributed by atoms with Gasteiger partial charge in [0.1, 0.15) is 11.6 Å². The zero-order valence-electron chi connectivity index (χ0n) is 27.8. The van der Waals surface area contributed by atoms with E-state index in [4.69, 9.17) is 11.6 Å². The van der Waals surface area contributed by atoms with Crippen LogP contribution in [0.25, 0.3) is 10.8 Å². The predicted molar refractivity (Wildman–Crippen MR) is 181 cm³/mol. The fraction of sp³-hybridized carbons (Fsp3) is 0.282. The van der Waals surface area contributed by atoms with Crippen molar-refractivity contribution in [1.29, 1.82) is 0 Å². The van der Waals surface area contributed by atoms with Crippen molar-refractivity contribution >= 4 is 57.4 Å². The van der Waals surface area contributed by atoms with Gasteiger partial charge in [-0.3, -0.25) is 19.2 Å². The number of carbonyl (C=O) groups is 4. The minimum Gasteiger partial charge on any atom is -0.508 e. The van der Waals surface area contributed by atoms with E-state index in [1.54, 1.807) is 43.3 Å². The van der Waals surface area contributed by atoms with E-state index in [1.807, 2.05) is 0 Å². The Kier molecular flexibility index (Phi) is 7.87. The number of phenols is 1. The van der Waals surface area contributed by atoms with E-state index in [0.717, 1.165) is 17.0 Å². The molecule has 2 saturated heterocycles. The first kappa shape index (κ1) is 35.8. The van der Waals surface area contributed by atoms with Crippen molar-refractivity contribution in [2.75, 3.05) is 9.80 Å². The monoisotopic (exact) mass is 770 g/mol. The molecule has 8 rings (SSSR count). The molecule has 0 bridgehead atoms. The number of amides is 4. The second-order valence-corrected chi connectivity index (χ2v) is 14.7. The van der Waals surface area contributed by atoms with Crippen LogP contribution in [0, 0.1) is 34.9 Å². The number of phenolic OH excluding ortho intramolecular Hbond substituents is 1. The molecule has 1 saturated carbocycles. The van der Waals surface area contributed by atoms with Crippen LogP contribution in [0.15, 0.2) is 84.4 Å². The number of fused-ring (bicyclic) bond motifs is 5. The second kappa shape index (κ2) is 11.9. The van der Waals surface area contributed by atoms with Gasteiger partial charge in [0, 0.05) is 11.5 Å². The third-order valence-corrected chi connectivity index (χ3v) is 11.8. The summed E-state index contributed by atoms with van der Waals surface area (Å²) in [7, 11) is 0. The van der Waals surface area contributed by atoms with Crippen LogP contribution in [0.2, 0.25) is 5.02 Å². The summed E-state index contributed by atoms with van der Waals surface area (Å²) in [6.07, 6.45) is -9.27. The standard InChI is InChI=1S/C39H26ClF7N2O5/c1-37-26(34(52)49(36(37)54)20-7-10-28(41)27(40)15-20)16-25-23(32(37)31-22-5-3-2-4-17(22)6-11-29(31)50)8-9-24-30(25)35(53)48(33(24)51)21-13-18(38(42,43)44)12-19(14-21)39(45,46)47/h2-8,10-15,24-26,30,32,50H,9,16H2,1H3/t24-,25+,26-,30-,32+,37+/m0/s1. The molecule has 0 unspecified atom stereocenters. The highest BCUT2D eigenvalue weighted by atomic mass is 35.5. The fourth-order valence-corrected chi connectivity index (χ4v) is 9.28. The average Bonchev–Trinajstić information content (AvgIpc) is 3.48. The normalized spacial score (nSPS) is 27.0. The second-order valence-electron chi connectivity index (χ2n) is 14.3. The van der Waals surface area contributed by atoms with Gasteiger partial charge < -0.3 is 5.11 Å². The first-order valence-corrected chi connectivity index (χ1v) is 17.1. The number of anilines is 2. The molecule has 0 radical (unpaired) electrons. The minimum absolute atomic E-state index is 0.0361. The number of allylic oxidation sites excluding steroid dienone is 2. The van der Waals surface area contributed by atoms with Crippen molar-refractivity contribution < 1.29 is 55.0 Å². The molecule has 0 aromatic heterocycles. The highest BCUT2D eigenvalue weighted by Gasteiger charge is 2.68. The van der Waals surface area contributed by atoms with Gasteiger partial charge in [-0.1, -0.05) is 53.6 Å². The van der Waals surface area contributed by atoms with Crippen LogP contribution < -0.4 is 9.80 Å². The molecular weight excluding hydrogens is 745 g/mol. The molecular formula is C39H26ClF7N2O5. The van der Waals surface area contributed by atoms with Gasteiger partial charge in [-0.05, 0) is 78.9 Å². The maximum atomic E-state index is 14.7. The quantitative estimate of drug-likeness (QED) is 0.128. The van der Waals surface area contributed by atoms with Crippen LogP contribution in [0.5, 0.6) is 5.75 Å². The Bertz CT molecular complexity index is 2340. The molecule has 4 aromatic carbocycles.